The number of nitrogens with two attached hydrogens (primary N) is 1. The lowest BCUT2D eigenvalue weighted by atomic mass is 9.91. The maximum Gasteiger partial charge on any atom is 0.122 e. The molecule has 2 nitrogen and oxygen atoms in total. The van der Waals surface area contributed by atoms with E-state index in [0.29, 0.717) is 13.2 Å². The summed E-state index contributed by atoms with van der Waals surface area (Å²) in [5, 5.41) is 0.721. The van der Waals surface area contributed by atoms with Crippen LogP contribution in [0.15, 0.2) is 42.5 Å². The Morgan fingerprint density at radius 2 is 1.73 bits per heavy atom. The lowest BCUT2D eigenvalue weighted by molar-refractivity contribution is 0.334. The van der Waals surface area contributed by atoms with Gasteiger partial charge in [-0.25, -0.2) is 0 Å². The Morgan fingerprint density at radius 1 is 1.05 bits per heavy atom. The van der Waals surface area contributed by atoms with Crippen molar-refractivity contribution < 1.29 is 4.74 Å². The molecule has 0 aliphatic heterocycles. The van der Waals surface area contributed by atoms with Crippen LogP contribution in [0.1, 0.15) is 36.5 Å². The number of halogens is 1. The van der Waals surface area contributed by atoms with Gasteiger partial charge in [0.25, 0.3) is 0 Å². The first-order valence-corrected chi connectivity index (χ1v) is 8.25. The van der Waals surface area contributed by atoms with Crippen LogP contribution in [0.25, 0.3) is 0 Å². The smallest absolute Gasteiger partial charge is 0.122 e. The third kappa shape index (κ3) is 4.25. The molecule has 2 N–H and O–H groups in total. The van der Waals surface area contributed by atoms with Crippen LogP contribution in [0.2, 0.25) is 5.02 Å². The van der Waals surface area contributed by atoms with Crippen LogP contribution >= 0.6 is 11.6 Å². The monoisotopic (exact) mass is 317 g/mol. The first-order valence-electron chi connectivity index (χ1n) is 7.88. The summed E-state index contributed by atoms with van der Waals surface area (Å²) in [5.74, 6) is 1.08. The van der Waals surface area contributed by atoms with Gasteiger partial charge in [0.15, 0.2) is 0 Å². The highest BCUT2D eigenvalue weighted by atomic mass is 35.5. The molecule has 1 atom stereocenters. The van der Waals surface area contributed by atoms with Gasteiger partial charge >= 0.3 is 0 Å². The Labute approximate surface area is 138 Å². The van der Waals surface area contributed by atoms with Crippen LogP contribution in [0, 0.1) is 0 Å². The second-order valence-electron chi connectivity index (χ2n) is 5.42. The van der Waals surface area contributed by atoms with Gasteiger partial charge in [0.1, 0.15) is 5.75 Å². The highest BCUT2D eigenvalue weighted by Gasteiger charge is 2.16. The van der Waals surface area contributed by atoms with Crippen molar-refractivity contribution in [1.29, 1.82) is 0 Å². The van der Waals surface area contributed by atoms with E-state index in [9.17, 15) is 0 Å². The Bertz CT molecular complexity index is 595. The van der Waals surface area contributed by atoms with Crippen LogP contribution in [0.4, 0.5) is 0 Å². The van der Waals surface area contributed by atoms with E-state index in [0.717, 1.165) is 29.2 Å². The molecule has 22 heavy (non-hydrogen) atoms. The van der Waals surface area contributed by atoms with Crippen LogP contribution in [0.5, 0.6) is 5.75 Å². The van der Waals surface area contributed by atoms with Crippen LogP contribution in [-0.4, -0.2) is 13.2 Å². The van der Waals surface area contributed by atoms with Gasteiger partial charge in [0.05, 0.1) is 6.61 Å². The molecule has 3 heteroatoms. The molecule has 1 unspecified atom stereocenters. The van der Waals surface area contributed by atoms with Crippen molar-refractivity contribution in [2.24, 2.45) is 5.73 Å². The SMILES string of the molecule is CCOc1ccc(Cl)cc1C(CN)Cc1ccc(CC)cc1. The second kappa shape index (κ2) is 8.21. The Balaban J connectivity index is 2.25. The second-order valence-corrected chi connectivity index (χ2v) is 5.86. The standard InChI is InChI=1S/C19H24ClNO/c1-3-14-5-7-15(8-6-14)11-16(13-21)18-12-17(20)9-10-19(18)22-4-2/h5-10,12,16H,3-4,11,13,21H2,1-2H3. The molecule has 0 aliphatic rings. The number of aryl methyl sites for hydroxylation is 1. The van der Waals surface area contributed by atoms with E-state index in [4.69, 9.17) is 22.1 Å². The fraction of sp³-hybridized carbons (Fsp3) is 0.368. The molecule has 0 aliphatic carbocycles. The van der Waals surface area contributed by atoms with E-state index in [2.05, 4.69) is 31.2 Å². The molecule has 0 spiro atoms. The van der Waals surface area contributed by atoms with Crippen molar-refractivity contribution in [3.8, 4) is 5.75 Å². The minimum absolute atomic E-state index is 0.202. The summed E-state index contributed by atoms with van der Waals surface area (Å²) in [4.78, 5) is 0. The largest absolute Gasteiger partial charge is 0.494 e. The molecule has 118 valence electrons. The maximum atomic E-state index is 6.16. The number of rotatable bonds is 7. The van der Waals surface area contributed by atoms with E-state index in [1.165, 1.54) is 11.1 Å². The molecule has 0 amide bonds. The topological polar surface area (TPSA) is 35.2 Å². The van der Waals surface area contributed by atoms with Crippen molar-refractivity contribution in [2.45, 2.75) is 32.6 Å². The lowest BCUT2D eigenvalue weighted by Crippen LogP contribution is -2.16. The van der Waals surface area contributed by atoms with Crippen molar-refractivity contribution in [2.75, 3.05) is 13.2 Å². The van der Waals surface area contributed by atoms with Crippen LogP contribution in [-0.2, 0) is 12.8 Å². The average molecular weight is 318 g/mol. The van der Waals surface area contributed by atoms with Crippen molar-refractivity contribution in [1.82, 2.24) is 0 Å². The van der Waals surface area contributed by atoms with Gasteiger partial charge in [-0.05, 0) is 55.6 Å². The Hall–Kier alpha value is -1.51. The molecule has 0 aromatic heterocycles. The van der Waals surface area contributed by atoms with Gasteiger partial charge in [-0.3, -0.25) is 0 Å². The molecule has 0 radical (unpaired) electrons. The highest BCUT2D eigenvalue weighted by molar-refractivity contribution is 6.30. The third-order valence-electron chi connectivity index (χ3n) is 3.91. The van der Waals surface area contributed by atoms with Crippen LogP contribution < -0.4 is 10.5 Å². The van der Waals surface area contributed by atoms with E-state index in [-0.39, 0.29) is 5.92 Å². The van der Waals surface area contributed by atoms with Gasteiger partial charge in [0.2, 0.25) is 0 Å². The van der Waals surface area contributed by atoms with E-state index >= 15 is 0 Å². The zero-order valence-electron chi connectivity index (χ0n) is 13.3. The molecule has 0 fully saturated rings. The predicted molar refractivity (Wildman–Crippen MR) is 93.9 cm³/mol. The van der Waals surface area contributed by atoms with Crippen molar-refractivity contribution >= 4 is 11.6 Å². The quantitative estimate of drug-likeness (QED) is 0.811. The summed E-state index contributed by atoms with van der Waals surface area (Å²) in [7, 11) is 0. The maximum absolute atomic E-state index is 6.16. The molecule has 2 rings (SSSR count). The number of benzene rings is 2. The number of ether oxygens (including phenoxy) is 1. The predicted octanol–water partition coefficient (Wildman–Crippen LogP) is 4.59. The first-order chi connectivity index (χ1) is 10.7. The summed E-state index contributed by atoms with van der Waals surface area (Å²) in [6.45, 7) is 5.35. The summed E-state index contributed by atoms with van der Waals surface area (Å²) >= 11 is 6.16. The zero-order valence-corrected chi connectivity index (χ0v) is 14.1. The van der Waals surface area contributed by atoms with E-state index in [1.54, 1.807) is 0 Å². The molecule has 2 aromatic carbocycles. The molecule has 2 aromatic rings. The summed E-state index contributed by atoms with van der Waals surface area (Å²) in [5.41, 5.74) is 9.76. The third-order valence-corrected chi connectivity index (χ3v) is 4.14. The molecule has 0 saturated heterocycles. The van der Waals surface area contributed by atoms with Crippen molar-refractivity contribution in [3.63, 3.8) is 0 Å². The summed E-state index contributed by atoms with van der Waals surface area (Å²) in [6.07, 6.45) is 1.95. The normalized spacial score (nSPS) is 12.2. The zero-order chi connectivity index (χ0) is 15.9. The van der Waals surface area contributed by atoms with Crippen molar-refractivity contribution in [3.05, 3.63) is 64.2 Å². The minimum atomic E-state index is 0.202. The fourth-order valence-corrected chi connectivity index (χ4v) is 2.82. The fourth-order valence-electron chi connectivity index (χ4n) is 2.64. The molecular weight excluding hydrogens is 294 g/mol. The number of hydrogen-bond donors (Lipinski definition) is 1. The van der Waals surface area contributed by atoms with E-state index < -0.39 is 0 Å². The summed E-state index contributed by atoms with van der Waals surface area (Å²) in [6, 6.07) is 14.5. The average Bonchev–Trinajstić information content (AvgIpc) is 2.55. The Kier molecular flexibility index (Phi) is 6.29. The van der Waals surface area contributed by atoms with E-state index in [1.807, 2.05) is 25.1 Å². The lowest BCUT2D eigenvalue weighted by Gasteiger charge is -2.19. The minimum Gasteiger partial charge on any atom is -0.494 e. The molecule has 0 heterocycles. The number of hydrogen-bond acceptors (Lipinski definition) is 2. The molecular formula is C19H24ClNO. The van der Waals surface area contributed by atoms with Crippen LogP contribution in [0.3, 0.4) is 0 Å². The first kappa shape index (κ1) is 16.9. The van der Waals surface area contributed by atoms with Gasteiger partial charge in [-0.1, -0.05) is 42.8 Å². The van der Waals surface area contributed by atoms with Gasteiger partial charge in [-0.2, -0.15) is 0 Å². The van der Waals surface area contributed by atoms with Gasteiger partial charge in [-0.15, -0.1) is 0 Å². The molecule has 0 bridgehead atoms. The Morgan fingerprint density at radius 3 is 2.32 bits per heavy atom. The highest BCUT2D eigenvalue weighted by Crippen LogP contribution is 2.31. The molecule has 0 saturated carbocycles. The van der Waals surface area contributed by atoms with Gasteiger partial charge in [0, 0.05) is 16.5 Å². The summed E-state index contributed by atoms with van der Waals surface area (Å²) < 4.78 is 5.73. The van der Waals surface area contributed by atoms with Gasteiger partial charge < -0.3 is 10.5 Å².